The van der Waals surface area contributed by atoms with Gasteiger partial charge in [0.15, 0.2) is 0 Å². The summed E-state index contributed by atoms with van der Waals surface area (Å²) in [5, 5.41) is 8.81. The molecule has 0 aromatic heterocycles. The largest absolute Gasteiger partial charge is 0.395 e. The first-order valence-corrected chi connectivity index (χ1v) is 4.91. The van der Waals surface area contributed by atoms with Gasteiger partial charge in [0, 0.05) is 19.6 Å². The maximum absolute atomic E-state index is 11.9. The van der Waals surface area contributed by atoms with Gasteiger partial charge >= 0.3 is 0 Å². The number of rotatable bonds is 6. The zero-order chi connectivity index (χ0) is 10.6. The lowest BCUT2D eigenvalue weighted by molar-refractivity contribution is -0.136. The Balaban J connectivity index is 2.58. The minimum absolute atomic E-state index is 0.0137. The number of carbonyl (C=O) groups excluding carboxylic acids is 1. The molecule has 0 spiro atoms. The van der Waals surface area contributed by atoms with E-state index in [1.807, 2.05) is 0 Å². The fourth-order valence-corrected chi connectivity index (χ4v) is 1.54. The van der Waals surface area contributed by atoms with Crippen molar-refractivity contribution in [1.82, 2.24) is 4.90 Å². The summed E-state index contributed by atoms with van der Waals surface area (Å²) in [5.74, 6) is 0.0638. The molecule has 80 valence electrons. The third-order valence-electron chi connectivity index (χ3n) is 2.70. The highest BCUT2D eigenvalue weighted by Crippen LogP contribution is 2.46. The van der Waals surface area contributed by atoms with Crippen molar-refractivity contribution in [3.63, 3.8) is 0 Å². The highest BCUT2D eigenvalue weighted by molar-refractivity contribution is 5.85. The predicted molar refractivity (Wildman–Crippen MR) is 54.6 cm³/mol. The minimum Gasteiger partial charge on any atom is -0.395 e. The zero-order valence-electron chi connectivity index (χ0n) is 8.41. The summed E-state index contributed by atoms with van der Waals surface area (Å²) in [4.78, 5) is 13.5. The van der Waals surface area contributed by atoms with Crippen molar-refractivity contribution in [3.05, 3.63) is 12.7 Å². The quantitative estimate of drug-likeness (QED) is 0.577. The number of carbonyl (C=O) groups is 1. The van der Waals surface area contributed by atoms with Gasteiger partial charge in [-0.2, -0.15) is 0 Å². The molecule has 0 bridgehead atoms. The van der Waals surface area contributed by atoms with Gasteiger partial charge in [-0.1, -0.05) is 6.08 Å². The highest BCUT2D eigenvalue weighted by atomic mass is 16.3. The lowest BCUT2D eigenvalue weighted by Gasteiger charge is -2.24. The normalized spacial score (nSPS) is 17.6. The number of nitrogens with two attached hydrogens (primary N) is 1. The van der Waals surface area contributed by atoms with E-state index in [-0.39, 0.29) is 17.9 Å². The van der Waals surface area contributed by atoms with Crippen LogP contribution in [0.15, 0.2) is 12.7 Å². The number of aliphatic hydroxyl groups is 1. The van der Waals surface area contributed by atoms with Crippen LogP contribution >= 0.6 is 0 Å². The fourth-order valence-electron chi connectivity index (χ4n) is 1.54. The van der Waals surface area contributed by atoms with Crippen LogP contribution in [0.4, 0.5) is 0 Å². The Morgan fingerprint density at radius 2 is 2.29 bits per heavy atom. The lowest BCUT2D eigenvalue weighted by Crippen LogP contribution is -2.42. The van der Waals surface area contributed by atoms with E-state index in [9.17, 15) is 4.79 Å². The molecule has 4 nitrogen and oxygen atoms in total. The fraction of sp³-hybridized carbons (Fsp3) is 0.700. The van der Waals surface area contributed by atoms with E-state index in [2.05, 4.69) is 6.58 Å². The summed E-state index contributed by atoms with van der Waals surface area (Å²) in [6.07, 6.45) is 3.42. The number of hydrogen-bond acceptors (Lipinski definition) is 3. The Morgan fingerprint density at radius 1 is 1.64 bits per heavy atom. The molecule has 0 saturated heterocycles. The first kappa shape index (κ1) is 11.2. The number of nitrogens with zero attached hydrogens (tertiary/aromatic N) is 1. The van der Waals surface area contributed by atoms with Crippen LogP contribution in [0.2, 0.25) is 0 Å². The first-order valence-electron chi connectivity index (χ1n) is 4.91. The topological polar surface area (TPSA) is 66.6 Å². The first-order chi connectivity index (χ1) is 6.70. The molecule has 0 aromatic carbocycles. The molecule has 0 unspecified atom stereocenters. The standard InChI is InChI=1S/C10H18N2O2/c1-2-5-12(6-7-13)9(14)10(8-11)3-4-10/h2,13H,1,3-8,11H2. The van der Waals surface area contributed by atoms with Crippen molar-refractivity contribution in [2.75, 3.05) is 26.2 Å². The van der Waals surface area contributed by atoms with Gasteiger partial charge in [-0.15, -0.1) is 6.58 Å². The summed E-state index contributed by atoms with van der Waals surface area (Å²) < 4.78 is 0. The van der Waals surface area contributed by atoms with Crippen LogP contribution in [0, 0.1) is 5.41 Å². The van der Waals surface area contributed by atoms with Gasteiger partial charge in [-0.25, -0.2) is 0 Å². The molecule has 0 aromatic rings. The van der Waals surface area contributed by atoms with Crippen LogP contribution in [0.3, 0.4) is 0 Å². The van der Waals surface area contributed by atoms with Crippen LogP contribution in [-0.2, 0) is 4.79 Å². The molecule has 0 radical (unpaired) electrons. The van der Waals surface area contributed by atoms with Gasteiger partial charge in [0.05, 0.1) is 12.0 Å². The molecule has 3 N–H and O–H groups in total. The van der Waals surface area contributed by atoms with Crippen molar-refractivity contribution in [2.24, 2.45) is 11.1 Å². The van der Waals surface area contributed by atoms with E-state index in [1.54, 1.807) is 11.0 Å². The predicted octanol–water partition coefficient (Wildman–Crippen LogP) is -0.268. The van der Waals surface area contributed by atoms with Gasteiger partial charge in [0.25, 0.3) is 0 Å². The molecule has 0 atom stereocenters. The van der Waals surface area contributed by atoms with Crippen molar-refractivity contribution >= 4 is 5.91 Å². The average Bonchev–Trinajstić information content (AvgIpc) is 2.97. The Morgan fingerprint density at radius 3 is 2.64 bits per heavy atom. The van der Waals surface area contributed by atoms with E-state index in [0.717, 1.165) is 12.8 Å². The summed E-state index contributed by atoms with van der Waals surface area (Å²) in [5.41, 5.74) is 5.24. The van der Waals surface area contributed by atoms with Crippen LogP contribution < -0.4 is 5.73 Å². The Labute approximate surface area is 84.4 Å². The van der Waals surface area contributed by atoms with Gasteiger partial charge < -0.3 is 15.7 Å². The molecule has 1 rings (SSSR count). The number of amides is 1. The van der Waals surface area contributed by atoms with E-state index < -0.39 is 0 Å². The number of aliphatic hydroxyl groups excluding tert-OH is 1. The molecule has 1 fully saturated rings. The van der Waals surface area contributed by atoms with Crippen molar-refractivity contribution in [2.45, 2.75) is 12.8 Å². The summed E-state index contributed by atoms with van der Waals surface area (Å²) >= 11 is 0. The van der Waals surface area contributed by atoms with Gasteiger partial charge in [-0.3, -0.25) is 4.79 Å². The molecular weight excluding hydrogens is 180 g/mol. The second-order valence-electron chi connectivity index (χ2n) is 3.75. The van der Waals surface area contributed by atoms with Gasteiger partial charge in [0.1, 0.15) is 0 Å². The Bertz CT molecular complexity index is 224. The third kappa shape index (κ3) is 2.13. The van der Waals surface area contributed by atoms with E-state index in [1.165, 1.54) is 0 Å². The molecule has 0 heterocycles. The molecule has 1 amide bonds. The van der Waals surface area contributed by atoms with Gasteiger partial charge in [-0.05, 0) is 12.8 Å². The minimum atomic E-state index is -0.321. The van der Waals surface area contributed by atoms with Crippen LogP contribution in [0.25, 0.3) is 0 Å². The van der Waals surface area contributed by atoms with Crippen LogP contribution in [0.1, 0.15) is 12.8 Å². The third-order valence-corrected chi connectivity index (χ3v) is 2.70. The average molecular weight is 198 g/mol. The molecule has 0 aliphatic heterocycles. The summed E-state index contributed by atoms with van der Waals surface area (Å²) in [6, 6.07) is 0. The van der Waals surface area contributed by atoms with Crippen molar-refractivity contribution < 1.29 is 9.90 Å². The molecule has 14 heavy (non-hydrogen) atoms. The Kier molecular flexibility index (Phi) is 3.66. The second kappa shape index (κ2) is 4.57. The monoisotopic (exact) mass is 198 g/mol. The lowest BCUT2D eigenvalue weighted by atomic mass is 10.1. The second-order valence-corrected chi connectivity index (χ2v) is 3.75. The molecule has 1 aliphatic rings. The Hall–Kier alpha value is -0.870. The smallest absolute Gasteiger partial charge is 0.230 e. The highest BCUT2D eigenvalue weighted by Gasteiger charge is 2.50. The van der Waals surface area contributed by atoms with Crippen LogP contribution in [0.5, 0.6) is 0 Å². The molecule has 1 aliphatic carbocycles. The number of hydrogen-bond donors (Lipinski definition) is 2. The molecule has 4 heteroatoms. The van der Waals surface area contributed by atoms with E-state index in [4.69, 9.17) is 10.8 Å². The van der Waals surface area contributed by atoms with Crippen molar-refractivity contribution in [3.8, 4) is 0 Å². The molecular formula is C10H18N2O2. The maximum Gasteiger partial charge on any atom is 0.230 e. The SMILES string of the molecule is C=CCN(CCO)C(=O)C1(CN)CC1. The van der Waals surface area contributed by atoms with Crippen LogP contribution in [-0.4, -0.2) is 42.2 Å². The summed E-state index contributed by atoms with van der Waals surface area (Å²) in [6.45, 7) is 4.84. The molecule has 1 saturated carbocycles. The zero-order valence-corrected chi connectivity index (χ0v) is 8.41. The van der Waals surface area contributed by atoms with E-state index >= 15 is 0 Å². The van der Waals surface area contributed by atoms with E-state index in [0.29, 0.717) is 19.6 Å². The maximum atomic E-state index is 11.9. The summed E-state index contributed by atoms with van der Waals surface area (Å²) in [7, 11) is 0. The van der Waals surface area contributed by atoms with Crippen molar-refractivity contribution in [1.29, 1.82) is 0 Å². The van der Waals surface area contributed by atoms with Gasteiger partial charge in [0.2, 0.25) is 5.91 Å².